The highest BCUT2D eigenvalue weighted by atomic mass is 16.4. The molecule has 0 aliphatic heterocycles. The topological polar surface area (TPSA) is 109 Å². The summed E-state index contributed by atoms with van der Waals surface area (Å²) < 4.78 is 0. The third-order valence-electron chi connectivity index (χ3n) is 4.48. The quantitative estimate of drug-likeness (QED) is 0.727. The lowest BCUT2D eigenvalue weighted by Gasteiger charge is -2.23. The van der Waals surface area contributed by atoms with Crippen LogP contribution in [0.1, 0.15) is 16.8 Å². The van der Waals surface area contributed by atoms with E-state index in [4.69, 9.17) is 5.73 Å². The normalized spacial score (nSPS) is 28.5. The summed E-state index contributed by atoms with van der Waals surface area (Å²) in [5.41, 5.74) is 6.03. The second-order valence-corrected chi connectivity index (χ2v) is 5.77. The van der Waals surface area contributed by atoms with Gasteiger partial charge >= 0.3 is 5.97 Å². The number of carboxylic acid groups (broad SMARTS) is 1. The highest BCUT2D eigenvalue weighted by molar-refractivity contribution is 5.97. The molecule has 3 rings (SSSR count). The van der Waals surface area contributed by atoms with E-state index >= 15 is 0 Å². The van der Waals surface area contributed by atoms with Gasteiger partial charge in [0.2, 0.25) is 11.8 Å². The van der Waals surface area contributed by atoms with E-state index in [1.807, 2.05) is 12.2 Å². The first kappa shape index (κ1) is 14.3. The lowest BCUT2D eigenvalue weighted by Crippen LogP contribution is -2.36. The second-order valence-electron chi connectivity index (χ2n) is 5.77. The molecule has 1 aromatic carbocycles. The van der Waals surface area contributed by atoms with Gasteiger partial charge in [0.05, 0.1) is 11.8 Å². The molecule has 6 heteroatoms. The number of carbonyl (C=O) groups excluding carboxylic acids is 2. The van der Waals surface area contributed by atoms with Crippen molar-refractivity contribution >= 4 is 23.5 Å². The van der Waals surface area contributed by atoms with Crippen molar-refractivity contribution in [3.05, 3.63) is 42.0 Å². The molecule has 4 N–H and O–H groups in total. The third kappa shape index (κ3) is 2.36. The summed E-state index contributed by atoms with van der Waals surface area (Å²) in [4.78, 5) is 34.9. The predicted molar refractivity (Wildman–Crippen MR) is 78.9 cm³/mol. The zero-order valence-corrected chi connectivity index (χ0v) is 11.7. The maximum absolute atomic E-state index is 12.4. The Morgan fingerprint density at radius 3 is 2.18 bits per heavy atom. The molecule has 0 heterocycles. The molecule has 0 unspecified atom stereocenters. The highest BCUT2D eigenvalue weighted by Crippen LogP contribution is 2.48. The molecule has 0 spiro atoms. The van der Waals surface area contributed by atoms with E-state index < -0.39 is 23.7 Å². The van der Waals surface area contributed by atoms with E-state index in [0.717, 1.165) is 6.42 Å². The lowest BCUT2D eigenvalue weighted by molar-refractivity contribution is -0.146. The van der Waals surface area contributed by atoms with Gasteiger partial charge < -0.3 is 16.2 Å². The van der Waals surface area contributed by atoms with Crippen LogP contribution in [0, 0.1) is 23.7 Å². The van der Waals surface area contributed by atoms with Crippen LogP contribution in [0.3, 0.4) is 0 Å². The molecule has 1 fully saturated rings. The molecule has 2 aliphatic carbocycles. The van der Waals surface area contributed by atoms with Gasteiger partial charge in [-0.2, -0.15) is 0 Å². The number of rotatable bonds is 4. The van der Waals surface area contributed by atoms with Gasteiger partial charge in [-0.1, -0.05) is 12.2 Å². The van der Waals surface area contributed by atoms with Crippen LogP contribution in [0.4, 0.5) is 5.69 Å². The lowest BCUT2D eigenvalue weighted by atomic mass is 9.82. The van der Waals surface area contributed by atoms with Crippen LogP contribution in [0.15, 0.2) is 36.4 Å². The minimum absolute atomic E-state index is 0.0176. The fourth-order valence-electron chi connectivity index (χ4n) is 3.46. The third-order valence-corrected chi connectivity index (χ3v) is 4.48. The SMILES string of the molecule is NC(=O)c1ccc(NC(=O)[C@H]2[C@@H](C(=O)O)[C@H]3C=C[C@@H]2C3)cc1. The number of primary amides is 1. The van der Waals surface area contributed by atoms with Crippen LogP contribution in [0.5, 0.6) is 0 Å². The van der Waals surface area contributed by atoms with Gasteiger partial charge in [0, 0.05) is 11.3 Å². The van der Waals surface area contributed by atoms with Gasteiger partial charge in [-0.15, -0.1) is 0 Å². The minimum atomic E-state index is -0.930. The van der Waals surface area contributed by atoms with E-state index in [1.54, 1.807) is 12.1 Å². The molecule has 2 bridgehead atoms. The van der Waals surface area contributed by atoms with Crippen LogP contribution < -0.4 is 11.1 Å². The molecule has 2 aliphatic rings. The maximum atomic E-state index is 12.4. The van der Waals surface area contributed by atoms with Crippen molar-refractivity contribution < 1.29 is 19.5 Å². The summed E-state index contributed by atoms with van der Waals surface area (Å²) in [5.74, 6) is -3.06. The number of amides is 2. The van der Waals surface area contributed by atoms with Gasteiger partial charge in [0.15, 0.2) is 0 Å². The predicted octanol–water partition coefficient (Wildman–Crippen LogP) is 1.25. The average Bonchev–Trinajstić information content (AvgIpc) is 3.08. The number of anilines is 1. The molecule has 2 amide bonds. The van der Waals surface area contributed by atoms with Crippen LogP contribution in [-0.4, -0.2) is 22.9 Å². The number of benzene rings is 1. The van der Waals surface area contributed by atoms with Gasteiger partial charge in [0.1, 0.15) is 0 Å². The fraction of sp³-hybridized carbons (Fsp3) is 0.312. The Balaban J connectivity index is 1.75. The highest BCUT2D eigenvalue weighted by Gasteiger charge is 2.51. The molecule has 0 saturated heterocycles. The Morgan fingerprint density at radius 2 is 1.64 bits per heavy atom. The first-order valence-electron chi connectivity index (χ1n) is 7.09. The van der Waals surface area contributed by atoms with Crippen molar-refractivity contribution in [1.29, 1.82) is 0 Å². The van der Waals surface area contributed by atoms with E-state index in [2.05, 4.69) is 5.32 Å². The Hall–Kier alpha value is -2.63. The smallest absolute Gasteiger partial charge is 0.307 e. The van der Waals surface area contributed by atoms with Crippen molar-refractivity contribution in [1.82, 2.24) is 0 Å². The van der Waals surface area contributed by atoms with Gasteiger partial charge in [0.25, 0.3) is 0 Å². The van der Waals surface area contributed by atoms with Gasteiger partial charge in [-0.25, -0.2) is 0 Å². The summed E-state index contributed by atoms with van der Waals surface area (Å²) in [7, 11) is 0. The summed E-state index contributed by atoms with van der Waals surface area (Å²) in [6.45, 7) is 0. The Bertz CT molecular complexity index is 665. The molecule has 4 atom stereocenters. The summed E-state index contributed by atoms with van der Waals surface area (Å²) >= 11 is 0. The number of hydrogen-bond acceptors (Lipinski definition) is 3. The molecule has 1 saturated carbocycles. The molecule has 0 radical (unpaired) electrons. The second kappa shape index (κ2) is 5.29. The van der Waals surface area contributed by atoms with Crippen molar-refractivity contribution in [2.45, 2.75) is 6.42 Å². The molecule has 0 aromatic heterocycles. The Labute approximate surface area is 127 Å². The Morgan fingerprint density at radius 1 is 1.05 bits per heavy atom. The number of hydrogen-bond donors (Lipinski definition) is 3. The Kier molecular flexibility index (Phi) is 3.44. The van der Waals surface area contributed by atoms with Gasteiger partial charge in [-0.3, -0.25) is 14.4 Å². The molecule has 1 aromatic rings. The zero-order valence-electron chi connectivity index (χ0n) is 11.7. The largest absolute Gasteiger partial charge is 0.481 e. The van der Waals surface area contributed by atoms with Crippen molar-refractivity contribution in [3.63, 3.8) is 0 Å². The minimum Gasteiger partial charge on any atom is -0.481 e. The number of nitrogens with one attached hydrogen (secondary N) is 1. The maximum Gasteiger partial charge on any atom is 0.307 e. The number of carboxylic acids is 1. The van der Waals surface area contributed by atoms with E-state index in [0.29, 0.717) is 11.3 Å². The molecule has 6 nitrogen and oxygen atoms in total. The van der Waals surface area contributed by atoms with Crippen LogP contribution in [-0.2, 0) is 9.59 Å². The van der Waals surface area contributed by atoms with Crippen molar-refractivity contribution in [3.8, 4) is 0 Å². The first-order chi connectivity index (χ1) is 10.5. The fourth-order valence-corrected chi connectivity index (χ4v) is 3.46. The van der Waals surface area contributed by atoms with Crippen molar-refractivity contribution in [2.24, 2.45) is 29.4 Å². The zero-order chi connectivity index (χ0) is 15.9. The first-order valence-corrected chi connectivity index (χ1v) is 7.09. The standard InChI is InChI=1S/C16H16N2O4/c17-14(19)8-3-5-11(6-4-8)18-15(20)12-9-1-2-10(7-9)13(12)16(21)22/h1-6,9-10,12-13H,7H2,(H2,17,19)(H,18,20)(H,21,22)/t9-,10+,12-,13+/m1/s1. The monoisotopic (exact) mass is 300 g/mol. The summed E-state index contributed by atoms with van der Waals surface area (Å²) in [6, 6.07) is 6.20. The number of fused-ring (bicyclic) bond motifs is 2. The van der Waals surface area contributed by atoms with E-state index in [1.165, 1.54) is 12.1 Å². The molecule has 114 valence electrons. The van der Waals surface area contributed by atoms with Crippen LogP contribution in [0.2, 0.25) is 0 Å². The summed E-state index contributed by atoms with van der Waals surface area (Å²) in [6.07, 6.45) is 4.55. The molecule has 22 heavy (non-hydrogen) atoms. The van der Waals surface area contributed by atoms with Crippen molar-refractivity contribution in [2.75, 3.05) is 5.32 Å². The number of carbonyl (C=O) groups is 3. The van der Waals surface area contributed by atoms with Gasteiger partial charge in [-0.05, 0) is 42.5 Å². The van der Waals surface area contributed by atoms with E-state index in [9.17, 15) is 19.5 Å². The number of allylic oxidation sites excluding steroid dienone is 2. The van der Waals surface area contributed by atoms with Crippen LogP contribution in [0.25, 0.3) is 0 Å². The summed E-state index contributed by atoms with van der Waals surface area (Å²) in [5, 5.41) is 12.1. The number of nitrogens with two attached hydrogens (primary N) is 1. The molecular formula is C16H16N2O4. The number of aliphatic carboxylic acids is 1. The average molecular weight is 300 g/mol. The van der Waals surface area contributed by atoms with E-state index in [-0.39, 0.29) is 17.7 Å². The molecular weight excluding hydrogens is 284 g/mol. The van der Waals surface area contributed by atoms with Crippen LogP contribution >= 0.6 is 0 Å².